The van der Waals surface area contributed by atoms with Gasteiger partial charge in [0.05, 0.1) is 0 Å². The van der Waals surface area contributed by atoms with Crippen LogP contribution in [0.2, 0.25) is 0 Å². The first-order valence-electron chi connectivity index (χ1n) is 7.21. The molecule has 1 nitrogen and oxygen atoms in total. The van der Waals surface area contributed by atoms with Gasteiger partial charge in [-0.05, 0) is 61.8 Å². The Bertz CT molecular complexity index is 393. The molecule has 2 rings (SSSR count). The van der Waals surface area contributed by atoms with E-state index in [1.54, 1.807) is 0 Å². The molecule has 0 aliphatic heterocycles. The van der Waals surface area contributed by atoms with Gasteiger partial charge in [0.1, 0.15) is 11.6 Å². The summed E-state index contributed by atoms with van der Waals surface area (Å²) in [7, 11) is 0. The Balaban J connectivity index is 1.95. The molecule has 0 spiro atoms. The fraction of sp³-hybridized carbons (Fsp3) is 0.625. The molecule has 1 saturated carbocycles. The van der Waals surface area contributed by atoms with E-state index in [1.165, 1.54) is 25.0 Å². The monoisotopic (exact) mass is 267 g/mol. The van der Waals surface area contributed by atoms with Crippen molar-refractivity contribution in [3.63, 3.8) is 0 Å². The molecule has 1 fully saturated rings. The molecule has 0 heterocycles. The van der Waals surface area contributed by atoms with Gasteiger partial charge in [-0.25, -0.2) is 8.78 Å². The Morgan fingerprint density at radius 2 is 1.79 bits per heavy atom. The van der Waals surface area contributed by atoms with Crippen LogP contribution in [0.1, 0.15) is 38.7 Å². The standard InChI is InChI=1S/C16H23F2N/c1-11(2)5-13(10-19-16-3-4-16)6-12-7-14(17)9-15(18)8-12/h7-9,11,13,16,19H,3-6,10H2,1-2H3. The lowest BCUT2D eigenvalue weighted by Gasteiger charge is -2.20. The van der Waals surface area contributed by atoms with Crippen LogP contribution in [0.4, 0.5) is 8.78 Å². The van der Waals surface area contributed by atoms with E-state index in [0.29, 0.717) is 17.9 Å². The normalized spacial score (nSPS) is 16.9. The van der Waals surface area contributed by atoms with Crippen molar-refractivity contribution < 1.29 is 8.78 Å². The third-order valence-corrected chi connectivity index (χ3v) is 3.52. The van der Waals surface area contributed by atoms with Gasteiger partial charge < -0.3 is 5.32 Å². The number of benzene rings is 1. The zero-order valence-electron chi connectivity index (χ0n) is 11.8. The van der Waals surface area contributed by atoms with Crippen LogP contribution < -0.4 is 5.32 Å². The van der Waals surface area contributed by atoms with Crippen molar-refractivity contribution >= 4 is 0 Å². The molecule has 19 heavy (non-hydrogen) atoms. The Hall–Kier alpha value is -0.960. The van der Waals surface area contributed by atoms with Gasteiger partial charge in [-0.15, -0.1) is 0 Å². The molecule has 1 unspecified atom stereocenters. The second-order valence-electron chi connectivity index (χ2n) is 6.16. The second kappa shape index (κ2) is 6.47. The SMILES string of the molecule is CC(C)CC(CNC1CC1)Cc1cc(F)cc(F)c1. The van der Waals surface area contributed by atoms with Crippen LogP contribution in [0, 0.1) is 23.5 Å². The quantitative estimate of drug-likeness (QED) is 0.789. The van der Waals surface area contributed by atoms with Crippen LogP contribution in [-0.2, 0) is 6.42 Å². The Kier molecular flexibility index (Phi) is 4.92. The average molecular weight is 267 g/mol. The van der Waals surface area contributed by atoms with Crippen LogP contribution in [0.3, 0.4) is 0 Å². The second-order valence-corrected chi connectivity index (χ2v) is 6.16. The third kappa shape index (κ3) is 5.27. The highest BCUT2D eigenvalue weighted by Crippen LogP contribution is 2.22. The first kappa shape index (κ1) is 14.4. The predicted molar refractivity (Wildman–Crippen MR) is 74.0 cm³/mol. The highest BCUT2D eigenvalue weighted by atomic mass is 19.1. The summed E-state index contributed by atoms with van der Waals surface area (Å²) < 4.78 is 26.4. The van der Waals surface area contributed by atoms with Crippen LogP contribution in [0.5, 0.6) is 0 Å². The van der Waals surface area contributed by atoms with Gasteiger partial charge in [0, 0.05) is 12.1 Å². The summed E-state index contributed by atoms with van der Waals surface area (Å²) in [6, 6.07) is 4.52. The maximum absolute atomic E-state index is 13.2. The van der Waals surface area contributed by atoms with Gasteiger partial charge in [-0.3, -0.25) is 0 Å². The summed E-state index contributed by atoms with van der Waals surface area (Å²) in [5, 5.41) is 3.52. The molecular formula is C16H23F2N. The van der Waals surface area contributed by atoms with Gasteiger partial charge in [0.15, 0.2) is 0 Å². The van der Waals surface area contributed by atoms with Gasteiger partial charge in [-0.1, -0.05) is 13.8 Å². The molecule has 1 aliphatic carbocycles. The molecule has 0 saturated heterocycles. The summed E-state index contributed by atoms with van der Waals surface area (Å²) >= 11 is 0. The van der Waals surface area contributed by atoms with E-state index in [0.717, 1.165) is 31.0 Å². The molecule has 0 aromatic heterocycles. The maximum atomic E-state index is 13.2. The van der Waals surface area contributed by atoms with E-state index in [-0.39, 0.29) is 0 Å². The number of rotatable bonds is 7. The summed E-state index contributed by atoms with van der Waals surface area (Å²) in [6.07, 6.45) is 4.36. The number of hydrogen-bond acceptors (Lipinski definition) is 1. The number of hydrogen-bond donors (Lipinski definition) is 1. The summed E-state index contributed by atoms with van der Waals surface area (Å²) in [6.45, 7) is 5.33. The minimum Gasteiger partial charge on any atom is -0.314 e. The molecule has 106 valence electrons. The van der Waals surface area contributed by atoms with E-state index in [4.69, 9.17) is 0 Å². The highest BCUT2D eigenvalue weighted by Gasteiger charge is 2.22. The van der Waals surface area contributed by atoms with Crippen molar-refractivity contribution in [2.75, 3.05) is 6.54 Å². The highest BCUT2D eigenvalue weighted by molar-refractivity contribution is 5.18. The molecule has 1 aromatic rings. The Morgan fingerprint density at radius 3 is 2.32 bits per heavy atom. The van der Waals surface area contributed by atoms with Crippen molar-refractivity contribution in [2.45, 2.75) is 45.6 Å². The van der Waals surface area contributed by atoms with Gasteiger partial charge in [0.25, 0.3) is 0 Å². The summed E-state index contributed by atoms with van der Waals surface area (Å²) in [5.41, 5.74) is 0.765. The van der Waals surface area contributed by atoms with Gasteiger partial charge in [0.2, 0.25) is 0 Å². The van der Waals surface area contributed by atoms with Crippen LogP contribution in [-0.4, -0.2) is 12.6 Å². The topological polar surface area (TPSA) is 12.0 Å². The minimum absolute atomic E-state index is 0.446. The molecule has 0 radical (unpaired) electrons. The lowest BCUT2D eigenvalue weighted by Crippen LogP contribution is -2.27. The van der Waals surface area contributed by atoms with Gasteiger partial charge >= 0.3 is 0 Å². The molecule has 3 heteroatoms. The largest absolute Gasteiger partial charge is 0.314 e. The van der Waals surface area contributed by atoms with Gasteiger partial charge in [-0.2, -0.15) is 0 Å². The van der Waals surface area contributed by atoms with E-state index in [1.807, 2.05) is 0 Å². The van der Waals surface area contributed by atoms with Crippen LogP contribution in [0.25, 0.3) is 0 Å². The lowest BCUT2D eigenvalue weighted by molar-refractivity contribution is 0.383. The Morgan fingerprint density at radius 1 is 1.16 bits per heavy atom. The lowest BCUT2D eigenvalue weighted by atomic mass is 9.90. The first-order chi connectivity index (χ1) is 9.02. The zero-order chi connectivity index (χ0) is 13.8. The van der Waals surface area contributed by atoms with Crippen molar-refractivity contribution in [3.8, 4) is 0 Å². The molecule has 0 bridgehead atoms. The average Bonchev–Trinajstić information content (AvgIpc) is 3.07. The van der Waals surface area contributed by atoms with E-state index in [2.05, 4.69) is 19.2 Å². The Labute approximate surface area is 114 Å². The molecule has 1 atom stereocenters. The fourth-order valence-electron chi connectivity index (χ4n) is 2.59. The van der Waals surface area contributed by atoms with Crippen LogP contribution >= 0.6 is 0 Å². The van der Waals surface area contributed by atoms with E-state index in [9.17, 15) is 8.78 Å². The van der Waals surface area contributed by atoms with Crippen molar-refractivity contribution in [3.05, 3.63) is 35.4 Å². The first-order valence-corrected chi connectivity index (χ1v) is 7.21. The molecule has 1 aromatic carbocycles. The zero-order valence-corrected chi connectivity index (χ0v) is 11.8. The molecular weight excluding hydrogens is 244 g/mol. The number of nitrogens with one attached hydrogen (secondary N) is 1. The molecule has 0 amide bonds. The van der Waals surface area contributed by atoms with E-state index < -0.39 is 11.6 Å². The third-order valence-electron chi connectivity index (χ3n) is 3.52. The van der Waals surface area contributed by atoms with Crippen molar-refractivity contribution in [1.29, 1.82) is 0 Å². The maximum Gasteiger partial charge on any atom is 0.126 e. The summed E-state index contributed by atoms with van der Waals surface area (Å²) in [5.74, 6) is 0.0908. The van der Waals surface area contributed by atoms with Crippen molar-refractivity contribution in [1.82, 2.24) is 5.32 Å². The van der Waals surface area contributed by atoms with Crippen molar-refractivity contribution in [2.24, 2.45) is 11.8 Å². The van der Waals surface area contributed by atoms with E-state index >= 15 is 0 Å². The molecule has 1 aliphatic rings. The molecule has 1 N–H and O–H groups in total. The smallest absolute Gasteiger partial charge is 0.126 e. The fourth-order valence-corrected chi connectivity index (χ4v) is 2.59. The minimum atomic E-state index is -0.478. The van der Waals surface area contributed by atoms with Crippen LogP contribution in [0.15, 0.2) is 18.2 Å². The number of halogens is 2. The predicted octanol–water partition coefficient (Wildman–Crippen LogP) is 3.92. The summed E-state index contributed by atoms with van der Waals surface area (Å²) in [4.78, 5) is 0.